The standard InChI is InChI=1S/C17H34O2/c1-7-13-18-17(19-16(5,6)8-2)11-9-15(10-12-17)14(3)4/h14-15H,7-13H2,1-6H3. The number of hydrogen-bond acceptors (Lipinski definition) is 2. The maximum absolute atomic E-state index is 6.42. The van der Waals surface area contributed by atoms with Gasteiger partial charge in [0.1, 0.15) is 0 Å². The Bertz CT molecular complexity index is 250. The van der Waals surface area contributed by atoms with E-state index in [0.717, 1.165) is 44.1 Å². The fourth-order valence-electron chi connectivity index (χ4n) is 2.89. The van der Waals surface area contributed by atoms with Gasteiger partial charge >= 0.3 is 0 Å². The van der Waals surface area contributed by atoms with Crippen LogP contribution in [0.2, 0.25) is 0 Å². The third-order valence-electron chi connectivity index (χ3n) is 4.62. The molecule has 1 aliphatic rings. The van der Waals surface area contributed by atoms with E-state index in [9.17, 15) is 0 Å². The second-order valence-electron chi connectivity index (χ2n) is 7.06. The summed E-state index contributed by atoms with van der Waals surface area (Å²) >= 11 is 0. The molecule has 114 valence electrons. The van der Waals surface area contributed by atoms with E-state index in [2.05, 4.69) is 41.5 Å². The molecule has 0 aromatic heterocycles. The van der Waals surface area contributed by atoms with Crippen molar-refractivity contribution < 1.29 is 9.47 Å². The highest BCUT2D eigenvalue weighted by atomic mass is 16.7. The predicted octanol–water partition coefficient (Wildman–Crippen LogP) is 5.16. The molecule has 0 spiro atoms. The minimum atomic E-state index is -0.319. The van der Waals surface area contributed by atoms with Crippen LogP contribution in [0, 0.1) is 11.8 Å². The summed E-state index contributed by atoms with van der Waals surface area (Å²) in [4.78, 5) is 0. The van der Waals surface area contributed by atoms with E-state index in [1.165, 1.54) is 12.8 Å². The van der Waals surface area contributed by atoms with Crippen molar-refractivity contribution in [1.82, 2.24) is 0 Å². The Morgan fingerprint density at radius 1 is 1.16 bits per heavy atom. The normalized spacial score (nSPS) is 28.9. The van der Waals surface area contributed by atoms with Crippen LogP contribution in [0.15, 0.2) is 0 Å². The van der Waals surface area contributed by atoms with E-state index in [4.69, 9.17) is 9.47 Å². The van der Waals surface area contributed by atoms with Gasteiger partial charge in [-0.3, -0.25) is 0 Å². The summed E-state index contributed by atoms with van der Waals surface area (Å²) in [6.45, 7) is 14.2. The third kappa shape index (κ3) is 5.07. The van der Waals surface area contributed by atoms with Gasteiger partial charge in [-0.2, -0.15) is 0 Å². The summed E-state index contributed by atoms with van der Waals surface area (Å²) in [5.74, 6) is 1.30. The third-order valence-corrected chi connectivity index (χ3v) is 4.62. The molecule has 0 unspecified atom stereocenters. The number of rotatable bonds is 7. The van der Waals surface area contributed by atoms with E-state index >= 15 is 0 Å². The maximum Gasteiger partial charge on any atom is 0.169 e. The van der Waals surface area contributed by atoms with Crippen LogP contribution < -0.4 is 0 Å². The van der Waals surface area contributed by atoms with Gasteiger partial charge in [-0.1, -0.05) is 27.7 Å². The first-order valence-corrected chi connectivity index (χ1v) is 8.18. The Labute approximate surface area is 120 Å². The Morgan fingerprint density at radius 3 is 2.16 bits per heavy atom. The van der Waals surface area contributed by atoms with Gasteiger partial charge in [0.25, 0.3) is 0 Å². The lowest BCUT2D eigenvalue weighted by atomic mass is 9.78. The Morgan fingerprint density at radius 2 is 1.74 bits per heavy atom. The van der Waals surface area contributed by atoms with E-state index in [1.807, 2.05) is 0 Å². The molecular formula is C17H34O2. The molecule has 0 amide bonds. The minimum Gasteiger partial charge on any atom is -0.350 e. The number of ether oxygens (including phenoxy) is 2. The van der Waals surface area contributed by atoms with Gasteiger partial charge in [0.15, 0.2) is 5.79 Å². The predicted molar refractivity (Wildman–Crippen MR) is 81.2 cm³/mol. The largest absolute Gasteiger partial charge is 0.350 e. The van der Waals surface area contributed by atoms with Crippen molar-refractivity contribution in [2.24, 2.45) is 11.8 Å². The van der Waals surface area contributed by atoms with Gasteiger partial charge in [0.2, 0.25) is 0 Å². The lowest BCUT2D eigenvalue weighted by Gasteiger charge is -2.45. The summed E-state index contributed by atoms with van der Waals surface area (Å²) in [5.41, 5.74) is -0.0849. The second-order valence-corrected chi connectivity index (χ2v) is 7.06. The van der Waals surface area contributed by atoms with Crippen LogP contribution in [0.1, 0.15) is 80.1 Å². The molecule has 2 nitrogen and oxygen atoms in total. The molecule has 1 fully saturated rings. The van der Waals surface area contributed by atoms with Crippen molar-refractivity contribution in [3.63, 3.8) is 0 Å². The summed E-state index contributed by atoms with van der Waals surface area (Å²) < 4.78 is 12.6. The molecular weight excluding hydrogens is 236 g/mol. The van der Waals surface area contributed by atoms with Crippen molar-refractivity contribution in [1.29, 1.82) is 0 Å². The first kappa shape index (κ1) is 17.0. The zero-order valence-electron chi connectivity index (χ0n) is 13.9. The maximum atomic E-state index is 6.42. The van der Waals surface area contributed by atoms with Gasteiger partial charge < -0.3 is 9.47 Å². The molecule has 0 aliphatic heterocycles. The summed E-state index contributed by atoms with van der Waals surface area (Å²) in [6, 6.07) is 0. The quantitative estimate of drug-likeness (QED) is 0.595. The monoisotopic (exact) mass is 270 g/mol. The molecule has 0 bridgehead atoms. The van der Waals surface area contributed by atoms with Gasteiger partial charge in [0.05, 0.1) is 5.60 Å². The average molecular weight is 270 g/mol. The smallest absolute Gasteiger partial charge is 0.169 e. The molecule has 19 heavy (non-hydrogen) atoms. The summed E-state index contributed by atoms with van der Waals surface area (Å²) in [5, 5.41) is 0. The first-order chi connectivity index (χ1) is 8.84. The van der Waals surface area contributed by atoms with Crippen molar-refractivity contribution in [3.05, 3.63) is 0 Å². The molecule has 0 N–H and O–H groups in total. The molecule has 1 aliphatic carbocycles. The average Bonchev–Trinajstić information content (AvgIpc) is 2.36. The van der Waals surface area contributed by atoms with Crippen molar-refractivity contribution in [3.8, 4) is 0 Å². The Hall–Kier alpha value is -0.0800. The molecule has 1 saturated carbocycles. The molecule has 0 aromatic rings. The molecule has 1 rings (SSSR count). The molecule has 0 radical (unpaired) electrons. The first-order valence-electron chi connectivity index (χ1n) is 8.18. The summed E-state index contributed by atoms with van der Waals surface area (Å²) in [7, 11) is 0. The SMILES string of the molecule is CCCOC1(OC(C)(C)CC)CCC(C(C)C)CC1. The molecule has 0 aromatic carbocycles. The van der Waals surface area contributed by atoms with Gasteiger partial charge in [-0.25, -0.2) is 0 Å². The topological polar surface area (TPSA) is 18.5 Å². The Kier molecular flexibility index (Phi) is 6.32. The highest BCUT2D eigenvalue weighted by Crippen LogP contribution is 2.41. The van der Waals surface area contributed by atoms with Crippen LogP contribution in [-0.4, -0.2) is 18.0 Å². The number of hydrogen-bond donors (Lipinski definition) is 0. The van der Waals surface area contributed by atoms with Gasteiger partial charge in [-0.15, -0.1) is 0 Å². The van der Waals surface area contributed by atoms with Crippen molar-refractivity contribution >= 4 is 0 Å². The van der Waals surface area contributed by atoms with Crippen LogP contribution >= 0.6 is 0 Å². The van der Waals surface area contributed by atoms with E-state index < -0.39 is 0 Å². The van der Waals surface area contributed by atoms with E-state index in [1.54, 1.807) is 0 Å². The second kappa shape index (κ2) is 7.08. The van der Waals surface area contributed by atoms with Crippen LogP contribution in [0.25, 0.3) is 0 Å². The van der Waals surface area contributed by atoms with E-state index in [-0.39, 0.29) is 11.4 Å². The fraction of sp³-hybridized carbons (Fsp3) is 1.00. The molecule has 0 heterocycles. The molecule has 2 heteroatoms. The van der Waals surface area contributed by atoms with Gasteiger partial charge in [0, 0.05) is 19.4 Å². The highest BCUT2D eigenvalue weighted by molar-refractivity contribution is 4.84. The van der Waals surface area contributed by atoms with E-state index in [0.29, 0.717) is 0 Å². The van der Waals surface area contributed by atoms with Crippen LogP contribution in [-0.2, 0) is 9.47 Å². The lowest BCUT2D eigenvalue weighted by molar-refractivity contribution is -0.299. The lowest BCUT2D eigenvalue weighted by Crippen LogP contribution is -2.46. The van der Waals surface area contributed by atoms with Crippen molar-refractivity contribution in [2.45, 2.75) is 91.5 Å². The Balaban J connectivity index is 2.68. The zero-order chi connectivity index (χ0) is 14.5. The van der Waals surface area contributed by atoms with Gasteiger partial charge in [-0.05, 0) is 51.4 Å². The van der Waals surface area contributed by atoms with Crippen molar-refractivity contribution in [2.75, 3.05) is 6.61 Å². The highest BCUT2D eigenvalue weighted by Gasteiger charge is 2.41. The van der Waals surface area contributed by atoms with Crippen LogP contribution in [0.3, 0.4) is 0 Å². The minimum absolute atomic E-state index is 0.0849. The fourth-order valence-corrected chi connectivity index (χ4v) is 2.89. The summed E-state index contributed by atoms with van der Waals surface area (Å²) in [6.07, 6.45) is 6.67. The zero-order valence-corrected chi connectivity index (χ0v) is 13.9. The molecule has 0 saturated heterocycles. The van der Waals surface area contributed by atoms with Crippen LogP contribution in [0.5, 0.6) is 0 Å². The van der Waals surface area contributed by atoms with Crippen LogP contribution in [0.4, 0.5) is 0 Å². The molecule has 0 atom stereocenters.